The highest BCUT2D eigenvalue weighted by molar-refractivity contribution is 5.92. The number of nitrogens with zero attached hydrogens (tertiary/aromatic N) is 1. The van der Waals surface area contributed by atoms with Crippen molar-refractivity contribution in [1.82, 2.24) is 5.32 Å². The fraction of sp³-hybridized carbons (Fsp3) is 0.600. The number of carbonyl (C=O) groups is 2. The van der Waals surface area contributed by atoms with Crippen molar-refractivity contribution in [3.63, 3.8) is 0 Å². The molecule has 1 saturated carbocycles. The third kappa shape index (κ3) is 5.64. The molecule has 1 aromatic carbocycles. The third-order valence-corrected chi connectivity index (χ3v) is 4.84. The van der Waals surface area contributed by atoms with Gasteiger partial charge < -0.3 is 19.7 Å². The number of amides is 2. The fourth-order valence-corrected chi connectivity index (χ4v) is 3.40. The van der Waals surface area contributed by atoms with E-state index in [1.165, 1.54) is 32.6 Å². The molecular weight excluding hydrogens is 332 g/mol. The molecule has 0 bridgehead atoms. The zero-order valence-corrected chi connectivity index (χ0v) is 16.0. The van der Waals surface area contributed by atoms with Gasteiger partial charge in [0.2, 0.25) is 11.8 Å². The minimum Gasteiger partial charge on any atom is -0.493 e. The zero-order chi connectivity index (χ0) is 18.9. The molecule has 6 nitrogen and oxygen atoms in total. The molecule has 6 heteroatoms. The molecular formula is C20H30N2O4. The Labute approximate surface area is 155 Å². The summed E-state index contributed by atoms with van der Waals surface area (Å²) >= 11 is 0. The first-order chi connectivity index (χ1) is 12.5. The van der Waals surface area contributed by atoms with E-state index in [2.05, 4.69) is 5.32 Å². The molecule has 0 spiro atoms. The lowest BCUT2D eigenvalue weighted by atomic mass is 10.1. The van der Waals surface area contributed by atoms with Crippen LogP contribution >= 0.6 is 0 Å². The molecule has 1 fully saturated rings. The lowest BCUT2D eigenvalue weighted by Gasteiger charge is -2.23. The molecule has 0 heterocycles. The minimum absolute atomic E-state index is 0.00336. The normalized spacial score (nSPS) is 15.0. The van der Waals surface area contributed by atoms with Gasteiger partial charge in [0, 0.05) is 37.7 Å². The average molecular weight is 362 g/mol. The Morgan fingerprint density at radius 2 is 1.73 bits per heavy atom. The number of ether oxygens (including phenoxy) is 2. The molecule has 1 N–H and O–H groups in total. The number of hydrogen-bond donors (Lipinski definition) is 1. The van der Waals surface area contributed by atoms with E-state index in [0.29, 0.717) is 23.7 Å². The molecule has 2 rings (SSSR count). The molecule has 1 aliphatic carbocycles. The first-order valence-corrected chi connectivity index (χ1v) is 9.34. The molecule has 2 amide bonds. The van der Waals surface area contributed by atoms with Crippen LogP contribution in [0.3, 0.4) is 0 Å². The van der Waals surface area contributed by atoms with Crippen LogP contribution in [0.4, 0.5) is 5.69 Å². The van der Waals surface area contributed by atoms with Crippen molar-refractivity contribution in [1.29, 1.82) is 0 Å². The summed E-state index contributed by atoms with van der Waals surface area (Å²) in [6, 6.07) is 5.59. The van der Waals surface area contributed by atoms with Gasteiger partial charge in [-0.1, -0.05) is 25.7 Å². The van der Waals surface area contributed by atoms with Crippen molar-refractivity contribution >= 4 is 17.5 Å². The monoisotopic (exact) mass is 362 g/mol. The quantitative estimate of drug-likeness (QED) is 0.756. The maximum Gasteiger partial charge on any atom is 0.223 e. The van der Waals surface area contributed by atoms with Crippen molar-refractivity contribution in [2.24, 2.45) is 0 Å². The van der Waals surface area contributed by atoms with Crippen molar-refractivity contribution < 1.29 is 19.1 Å². The highest BCUT2D eigenvalue weighted by Crippen LogP contribution is 2.31. The van der Waals surface area contributed by atoms with E-state index < -0.39 is 0 Å². The second-order valence-corrected chi connectivity index (χ2v) is 6.72. The van der Waals surface area contributed by atoms with E-state index in [9.17, 15) is 9.59 Å². The average Bonchev–Trinajstić information content (AvgIpc) is 2.90. The Kier molecular flexibility index (Phi) is 7.75. The van der Waals surface area contributed by atoms with Gasteiger partial charge in [-0.15, -0.1) is 0 Å². The van der Waals surface area contributed by atoms with E-state index in [1.807, 2.05) is 0 Å². The first-order valence-electron chi connectivity index (χ1n) is 9.34. The largest absolute Gasteiger partial charge is 0.493 e. The van der Waals surface area contributed by atoms with Gasteiger partial charge in [0.25, 0.3) is 0 Å². The summed E-state index contributed by atoms with van der Waals surface area (Å²) in [5.74, 6) is 1.05. The number of rotatable bonds is 7. The topological polar surface area (TPSA) is 67.9 Å². The number of carbonyl (C=O) groups excluding carboxylic acids is 2. The molecule has 0 atom stereocenters. The standard InChI is InChI=1S/C20H30N2O4/c1-15(23)22(17-10-11-18(25-2)19(14-17)26-3)13-12-20(24)21-16-8-6-4-5-7-9-16/h10-11,14,16H,4-9,12-13H2,1-3H3,(H,21,24). The summed E-state index contributed by atoms with van der Waals surface area (Å²) < 4.78 is 10.5. The smallest absolute Gasteiger partial charge is 0.223 e. The van der Waals surface area contributed by atoms with Crippen LogP contribution in [-0.4, -0.2) is 38.6 Å². The lowest BCUT2D eigenvalue weighted by molar-refractivity contribution is -0.121. The Hall–Kier alpha value is -2.24. The Morgan fingerprint density at radius 3 is 2.31 bits per heavy atom. The number of methoxy groups -OCH3 is 2. The van der Waals surface area contributed by atoms with Gasteiger partial charge in [-0.2, -0.15) is 0 Å². The summed E-state index contributed by atoms with van der Waals surface area (Å²) in [5, 5.41) is 3.12. The van der Waals surface area contributed by atoms with Crippen LogP contribution < -0.4 is 19.7 Å². The highest BCUT2D eigenvalue weighted by atomic mass is 16.5. The van der Waals surface area contributed by atoms with Crippen LogP contribution in [0.5, 0.6) is 11.5 Å². The van der Waals surface area contributed by atoms with Crippen molar-refractivity contribution in [2.45, 2.75) is 57.9 Å². The van der Waals surface area contributed by atoms with Gasteiger partial charge in [0.15, 0.2) is 11.5 Å². The van der Waals surface area contributed by atoms with Crippen LogP contribution in [0.25, 0.3) is 0 Å². The van der Waals surface area contributed by atoms with Crippen LogP contribution in [0.1, 0.15) is 51.9 Å². The van der Waals surface area contributed by atoms with Crippen LogP contribution in [-0.2, 0) is 9.59 Å². The molecule has 0 radical (unpaired) electrons. The van der Waals surface area contributed by atoms with Gasteiger partial charge in [0.1, 0.15) is 0 Å². The molecule has 0 aromatic heterocycles. The Balaban J connectivity index is 1.97. The second kappa shape index (κ2) is 10.0. The molecule has 1 aromatic rings. The van der Waals surface area contributed by atoms with Crippen molar-refractivity contribution in [2.75, 3.05) is 25.7 Å². The van der Waals surface area contributed by atoms with Gasteiger partial charge in [0.05, 0.1) is 14.2 Å². The van der Waals surface area contributed by atoms with E-state index in [0.717, 1.165) is 12.8 Å². The molecule has 144 valence electrons. The summed E-state index contributed by atoms with van der Waals surface area (Å²) in [6.07, 6.45) is 7.25. The van der Waals surface area contributed by atoms with Crippen LogP contribution in [0, 0.1) is 0 Å². The van der Waals surface area contributed by atoms with Gasteiger partial charge in [-0.3, -0.25) is 9.59 Å². The molecule has 1 aliphatic rings. The summed E-state index contributed by atoms with van der Waals surface area (Å²) in [6.45, 7) is 1.84. The lowest BCUT2D eigenvalue weighted by Crippen LogP contribution is -2.38. The summed E-state index contributed by atoms with van der Waals surface area (Å²) in [7, 11) is 3.12. The first kappa shape index (κ1) is 20.1. The van der Waals surface area contributed by atoms with Gasteiger partial charge in [-0.05, 0) is 25.0 Å². The third-order valence-electron chi connectivity index (χ3n) is 4.84. The van der Waals surface area contributed by atoms with Crippen molar-refractivity contribution in [3.8, 4) is 11.5 Å². The van der Waals surface area contributed by atoms with E-state index in [-0.39, 0.29) is 24.3 Å². The van der Waals surface area contributed by atoms with Crippen LogP contribution in [0.15, 0.2) is 18.2 Å². The number of hydrogen-bond acceptors (Lipinski definition) is 4. The maximum atomic E-state index is 12.3. The summed E-state index contributed by atoms with van der Waals surface area (Å²) in [5.41, 5.74) is 0.692. The fourth-order valence-electron chi connectivity index (χ4n) is 3.40. The summed E-state index contributed by atoms with van der Waals surface area (Å²) in [4.78, 5) is 26.0. The maximum absolute atomic E-state index is 12.3. The van der Waals surface area contributed by atoms with E-state index in [1.54, 1.807) is 37.3 Å². The zero-order valence-electron chi connectivity index (χ0n) is 16.0. The minimum atomic E-state index is -0.112. The molecule has 0 aliphatic heterocycles. The molecule has 0 unspecified atom stereocenters. The highest BCUT2D eigenvalue weighted by Gasteiger charge is 2.18. The predicted octanol–water partition coefficient (Wildman–Crippen LogP) is 3.29. The number of benzene rings is 1. The SMILES string of the molecule is COc1ccc(N(CCC(=O)NC2CCCCCC2)C(C)=O)cc1OC. The Bertz CT molecular complexity index is 610. The van der Waals surface area contributed by atoms with E-state index in [4.69, 9.17) is 9.47 Å². The number of anilines is 1. The van der Waals surface area contributed by atoms with Gasteiger partial charge in [-0.25, -0.2) is 0 Å². The molecule has 0 saturated heterocycles. The Morgan fingerprint density at radius 1 is 1.08 bits per heavy atom. The number of nitrogens with one attached hydrogen (secondary N) is 1. The van der Waals surface area contributed by atoms with Gasteiger partial charge >= 0.3 is 0 Å². The second-order valence-electron chi connectivity index (χ2n) is 6.72. The van der Waals surface area contributed by atoms with Crippen molar-refractivity contribution in [3.05, 3.63) is 18.2 Å². The van der Waals surface area contributed by atoms with Crippen LogP contribution in [0.2, 0.25) is 0 Å². The van der Waals surface area contributed by atoms with E-state index >= 15 is 0 Å². The molecule has 26 heavy (non-hydrogen) atoms. The predicted molar refractivity (Wildman–Crippen MR) is 102 cm³/mol.